The van der Waals surface area contributed by atoms with Crippen LogP contribution in [0.3, 0.4) is 0 Å². The molecule has 1 aliphatic carbocycles. The van der Waals surface area contributed by atoms with Gasteiger partial charge in [-0.05, 0) is 36.6 Å². The van der Waals surface area contributed by atoms with Crippen molar-refractivity contribution in [3.63, 3.8) is 0 Å². The SMILES string of the molecule is COC1=C(OC)C(=O)C(c2ccc(C(=O)O)c(OCc3ccccc3)c2C)=C(C)C1=O. The maximum Gasteiger partial charge on any atom is 0.339 e. The Bertz CT molecular complexity index is 1120. The van der Waals surface area contributed by atoms with Gasteiger partial charge in [-0.25, -0.2) is 4.79 Å². The lowest BCUT2D eigenvalue weighted by Gasteiger charge is -2.23. The minimum absolute atomic E-state index is 0.0369. The molecule has 1 aliphatic rings. The molecule has 0 atom stereocenters. The molecule has 7 heteroatoms. The minimum atomic E-state index is -1.16. The Morgan fingerprint density at radius 2 is 1.52 bits per heavy atom. The van der Waals surface area contributed by atoms with E-state index in [1.54, 1.807) is 6.92 Å². The molecule has 31 heavy (non-hydrogen) atoms. The van der Waals surface area contributed by atoms with E-state index in [-0.39, 0.29) is 40.6 Å². The standard InChI is InChI=1S/C24H22O7/c1-13-16(18-14(2)19(25)22(29-3)23(30-4)20(18)26)10-11-17(24(27)28)21(13)31-12-15-8-6-5-7-9-15/h5-11H,12H2,1-4H3,(H,27,28). The second-order valence-corrected chi connectivity index (χ2v) is 6.92. The number of methoxy groups -OCH3 is 2. The molecule has 0 unspecified atom stereocenters. The van der Waals surface area contributed by atoms with Gasteiger partial charge in [0.05, 0.1) is 14.2 Å². The highest BCUT2D eigenvalue weighted by Gasteiger charge is 2.36. The zero-order valence-corrected chi connectivity index (χ0v) is 17.6. The van der Waals surface area contributed by atoms with Crippen molar-refractivity contribution in [2.75, 3.05) is 14.2 Å². The summed E-state index contributed by atoms with van der Waals surface area (Å²) in [5, 5.41) is 9.62. The molecule has 0 fully saturated rings. The molecule has 0 amide bonds. The van der Waals surface area contributed by atoms with E-state index >= 15 is 0 Å². The fourth-order valence-corrected chi connectivity index (χ4v) is 3.52. The molecular weight excluding hydrogens is 400 g/mol. The molecule has 0 saturated carbocycles. The van der Waals surface area contributed by atoms with Crippen molar-refractivity contribution in [3.8, 4) is 5.75 Å². The Hall–Kier alpha value is -3.87. The molecule has 2 aromatic rings. The first kappa shape index (κ1) is 21.8. The summed E-state index contributed by atoms with van der Waals surface area (Å²) in [5.74, 6) is -2.36. The largest absolute Gasteiger partial charge is 0.489 e. The average molecular weight is 422 g/mol. The maximum absolute atomic E-state index is 13.1. The van der Waals surface area contributed by atoms with Gasteiger partial charge in [-0.1, -0.05) is 36.4 Å². The van der Waals surface area contributed by atoms with E-state index in [1.165, 1.54) is 33.3 Å². The first-order chi connectivity index (χ1) is 14.8. The number of carbonyl (C=O) groups excluding carboxylic acids is 2. The number of hydrogen-bond donors (Lipinski definition) is 1. The van der Waals surface area contributed by atoms with Crippen molar-refractivity contribution in [1.29, 1.82) is 0 Å². The van der Waals surface area contributed by atoms with Crippen molar-refractivity contribution in [2.45, 2.75) is 20.5 Å². The van der Waals surface area contributed by atoms with E-state index in [0.717, 1.165) is 5.56 Å². The van der Waals surface area contributed by atoms with Gasteiger partial charge in [-0.2, -0.15) is 0 Å². The predicted octanol–water partition coefficient (Wildman–Crippen LogP) is 3.70. The number of rotatable bonds is 7. The Morgan fingerprint density at radius 3 is 2.10 bits per heavy atom. The highest BCUT2D eigenvalue weighted by Crippen LogP contribution is 2.37. The summed E-state index contributed by atoms with van der Waals surface area (Å²) in [4.78, 5) is 37.6. The zero-order valence-electron chi connectivity index (χ0n) is 17.6. The van der Waals surface area contributed by atoms with Crippen molar-refractivity contribution in [3.05, 3.63) is 81.8 Å². The molecule has 0 spiro atoms. The average Bonchev–Trinajstić information content (AvgIpc) is 2.76. The van der Waals surface area contributed by atoms with E-state index in [0.29, 0.717) is 11.1 Å². The van der Waals surface area contributed by atoms with Crippen LogP contribution in [0.15, 0.2) is 59.6 Å². The number of aromatic carboxylic acids is 1. The summed E-state index contributed by atoms with van der Waals surface area (Å²) in [5.41, 5.74) is 1.96. The normalized spacial score (nSPS) is 14.1. The Balaban J connectivity index is 2.12. The molecule has 0 saturated heterocycles. The number of carboxylic acid groups (broad SMARTS) is 1. The van der Waals surface area contributed by atoms with E-state index in [4.69, 9.17) is 14.2 Å². The second-order valence-electron chi connectivity index (χ2n) is 6.92. The number of carbonyl (C=O) groups is 3. The molecule has 2 aromatic carbocycles. The molecule has 0 heterocycles. The van der Waals surface area contributed by atoms with E-state index in [2.05, 4.69) is 0 Å². The highest BCUT2D eigenvalue weighted by atomic mass is 16.5. The third-order valence-corrected chi connectivity index (χ3v) is 5.10. The van der Waals surface area contributed by atoms with Gasteiger partial charge in [-0.15, -0.1) is 0 Å². The molecule has 3 rings (SSSR count). The Kier molecular flexibility index (Phi) is 6.25. The molecule has 0 bridgehead atoms. The van der Waals surface area contributed by atoms with Crippen molar-refractivity contribution in [2.24, 2.45) is 0 Å². The molecule has 0 aliphatic heterocycles. The lowest BCUT2D eigenvalue weighted by atomic mass is 9.85. The van der Waals surface area contributed by atoms with Crippen LogP contribution in [0.5, 0.6) is 5.75 Å². The summed E-state index contributed by atoms with van der Waals surface area (Å²) >= 11 is 0. The molecule has 160 valence electrons. The summed E-state index contributed by atoms with van der Waals surface area (Å²) in [7, 11) is 2.58. The van der Waals surface area contributed by atoms with Crippen LogP contribution in [-0.4, -0.2) is 36.9 Å². The fraction of sp³-hybridized carbons (Fsp3) is 0.208. The van der Waals surface area contributed by atoms with Gasteiger partial charge in [0, 0.05) is 11.1 Å². The van der Waals surface area contributed by atoms with Gasteiger partial charge in [0.1, 0.15) is 17.9 Å². The summed E-state index contributed by atoms with van der Waals surface area (Å²) < 4.78 is 16.1. The number of Topliss-reactive ketones (excluding diaryl/α,β-unsaturated/α-hetero) is 2. The van der Waals surface area contributed by atoms with Gasteiger partial charge in [-0.3, -0.25) is 9.59 Å². The molecule has 0 radical (unpaired) electrons. The number of ether oxygens (including phenoxy) is 3. The van der Waals surface area contributed by atoms with Crippen LogP contribution < -0.4 is 4.74 Å². The van der Waals surface area contributed by atoms with Crippen LogP contribution in [0, 0.1) is 6.92 Å². The topological polar surface area (TPSA) is 99.1 Å². The lowest BCUT2D eigenvalue weighted by molar-refractivity contribution is -0.119. The highest BCUT2D eigenvalue weighted by molar-refractivity contribution is 6.38. The number of carboxylic acids is 1. The van der Waals surface area contributed by atoms with Gasteiger partial charge >= 0.3 is 5.97 Å². The van der Waals surface area contributed by atoms with Gasteiger partial charge in [0.15, 0.2) is 0 Å². The van der Waals surface area contributed by atoms with Crippen LogP contribution >= 0.6 is 0 Å². The van der Waals surface area contributed by atoms with Crippen LogP contribution in [0.1, 0.15) is 34.0 Å². The van der Waals surface area contributed by atoms with Gasteiger partial charge < -0.3 is 19.3 Å². The molecule has 1 N–H and O–H groups in total. The second kappa shape index (κ2) is 8.87. The first-order valence-electron chi connectivity index (χ1n) is 9.48. The summed E-state index contributed by atoms with van der Waals surface area (Å²) in [6.07, 6.45) is 0. The van der Waals surface area contributed by atoms with Crippen LogP contribution in [0.4, 0.5) is 0 Å². The van der Waals surface area contributed by atoms with Crippen molar-refractivity contribution >= 4 is 23.1 Å². The van der Waals surface area contributed by atoms with E-state index in [9.17, 15) is 19.5 Å². The van der Waals surface area contributed by atoms with Crippen molar-refractivity contribution < 1.29 is 33.7 Å². The fourth-order valence-electron chi connectivity index (χ4n) is 3.52. The predicted molar refractivity (Wildman–Crippen MR) is 113 cm³/mol. The smallest absolute Gasteiger partial charge is 0.339 e. The van der Waals surface area contributed by atoms with E-state index < -0.39 is 17.5 Å². The quantitative estimate of drug-likeness (QED) is 0.679. The molecule has 0 aromatic heterocycles. The van der Waals surface area contributed by atoms with Crippen LogP contribution in [-0.2, 0) is 25.7 Å². The number of allylic oxidation sites excluding steroid dienone is 2. The van der Waals surface area contributed by atoms with Gasteiger partial charge in [0.2, 0.25) is 23.1 Å². The summed E-state index contributed by atoms with van der Waals surface area (Å²) in [6, 6.07) is 12.2. The number of hydrogen-bond acceptors (Lipinski definition) is 6. The monoisotopic (exact) mass is 422 g/mol. The van der Waals surface area contributed by atoms with E-state index in [1.807, 2.05) is 30.3 Å². The third kappa shape index (κ3) is 3.94. The maximum atomic E-state index is 13.1. The van der Waals surface area contributed by atoms with Crippen LogP contribution in [0.25, 0.3) is 5.57 Å². The Morgan fingerprint density at radius 1 is 0.903 bits per heavy atom. The minimum Gasteiger partial charge on any atom is -0.489 e. The molecular formula is C24H22O7. The third-order valence-electron chi connectivity index (χ3n) is 5.10. The lowest BCUT2D eigenvalue weighted by Crippen LogP contribution is -2.24. The van der Waals surface area contributed by atoms with Crippen molar-refractivity contribution in [1.82, 2.24) is 0 Å². The Labute approximate surface area is 179 Å². The molecule has 7 nitrogen and oxygen atoms in total. The first-order valence-corrected chi connectivity index (χ1v) is 9.48. The van der Waals surface area contributed by atoms with Crippen LogP contribution in [0.2, 0.25) is 0 Å². The number of benzene rings is 2. The number of ketones is 2. The zero-order chi connectivity index (χ0) is 22.7. The summed E-state index contributed by atoms with van der Waals surface area (Å²) in [6.45, 7) is 3.33. The van der Waals surface area contributed by atoms with Gasteiger partial charge in [0.25, 0.3) is 0 Å².